The van der Waals surface area contributed by atoms with E-state index in [4.69, 9.17) is 0 Å². The van der Waals surface area contributed by atoms with E-state index in [0.29, 0.717) is 17.9 Å². The van der Waals surface area contributed by atoms with Crippen LogP contribution in [0.15, 0.2) is 28.7 Å². The van der Waals surface area contributed by atoms with Crippen molar-refractivity contribution in [2.75, 3.05) is 51.3 Å². The van der Waals surface area contributed by atoms with Gasteiger partial charge in [-0.3, -0.25) is 0 Å². The molecule has 2 unspecified atom stereocenters. The van der Waals surface area contributed by atoms with Gasteiger partial charge in [-0.05, 0) is 55.8 Å². The fraction of sp³-hybridized carbons (Fsp3) is 0.714. The Balaban J connectivity index is 1.73. The third-order valence-corrected chi connectivity index (χ3v) is 7.46. The molecule has 0 saturated carbocycles. The molecule has 2 heterocycles. The molecule has 4 atom stereocenters. The molecule has 0 radical (unpaired) electrons. The molecule has 2 aliphatic rings. The maximum atomic E-state index is 4.53. The van der Waals surface area contributed by atoms with Crippen LogP contribution in [0, 0.1) is 5.92 Å². The second-order valence-corrected chi connectivity index (χ2v) is 9.83. The third kappa shape index (κ3) is 5.67. The highest BCUT2D eigenvalue weighted by Gasteiger charge is 2.46. The SMILES string of the molecule is CN1C2CCC1[C@@H](CN(CCS)CCNCCS)[C@@H](c1ccc(Br)cc1)C2. The van der Waals surface area contributed by atoms with E-state index in [0.717, 1.165) is 43.7 Å². The summed E-state index contributed by atoms with van der Waals surface area (Å²) < 4.78 is 1.17. The van der Waals surface area contributed by atoms with Crippen LogP contribution in [0.4, 0.5) is 0 Å². The van der Waals surface area contributed by atoms with Gasteiger partial charge in [0.05, 0.1) is 0 Å². The summed E-state index contributed by atoms with van der Waals surface area (Å²) in [5.41, 5.74) is 1.52. The van der Waals surface area contributed by atoms with Gasteiger partial charge in [-0.1, -0.05) is 28.1 Å². The summed E-state index contributed by atoms with van der Waals surface area (Å²) in [6, 6.07) is 10.6. The molecule has 27 heavy (non-hydrogen) atoms. The Hall–Kier alpha value is 0.280. The molecule has 6 heteroatoms. The number of hydrogen-bond donors (Lipinski definition) is 3. The van der Waals surface area contributed by atoms with Gasteiger partial charge in [0.1, 0.15) is 0 Å². The standard InChI is InChI=1S/C21H34BrN3S2/c1-24-18-6-7-21(24)20(15-25(11-13-27)10-8-23-9-12-26)19(14-18)16-2-4-17(22)5-3-16/h2-5,18-21,23,26-27H,6-15H2,1H3/t18?,19-,20+,21?/m1/s1. The molecular formula is C21H34BrN3S2. The second-order valence-electron chi connectivity index (χ2n) is 8.02. The Bertz CT molecular complexity index is 571. The van der Waals surface area contributed by atoms with Gasteiger partial charge in [-0.2, -0.15) is 25.3 Å². The van der Waals surface area contributed by atoms with E-state index in [1.807, 2.05) is 0 Å². The normalized spacial score (nSPS) is 28.2. The topological polar surface area (TPSA) is 18.5 Å². The number of fused-ring (bicyclic) bond motifs is 2. The summed E-state index contributed by atoms with van der Waals surface area (Å²) in [4.78, 5) is 5.31. The molecule has 0 aliphatic carbocycles. The first-order chi connectivity index (χ1) is 13.1. The van der Waals surface area contributed by atoms with Gasteiger partial charge in [0.2, 0.25) is 0 Å². The molecule has 0 aromatic heterocycles. The van der Waals surface area contributed by atoms with E-state index in [2.05, 4.69) is 87.6 Å². The lowest BCUT2D eigenvalue weighted by atomic mass is 9.76. The van der Waals surface area contributed by atoms with Gasteiger partial charge in [-0.15, -0.1) is 0 Å². The number of nitrogens with zero attached hydrogens (tertiary/aromatic N) is 2. The van der Waals surface area contributed by atoms with Crippen molar-refractivity contribution in [3.05, 3.63) is 34.3 Å². The lowest BCUT2D eigenvalue weighted by molar-refractivity contribution is 0.0728. The Kier molecular flexibility index (Phi) is 8.86. The minimum Gasteiger partial charge on any atom is -0.315 e. The molecule has 0 spiro atoms. The van der Waals surface area contributed by atoms with E-state index in [1.54, 1.807) is 0 Å². The van der Waals surface area contributed by atoms with Crippen LogP contribution >= 0.6 is 41.2 Å². The zero-order valence-electron chi connectivity index (χ0n) is 16.4. The first-order valence-electron chi connectivity index (χ1n) is 10.3. The zero-order valence-corrected chi connectivity index (χ0v) is 19.7. The van der Waals surface area contributed by atoms with Crippen LogP contribution in [-0.2, 0) is 0 Å². The van der Waals surface area contributed by atoms with Crippen LogP contribution in [0.2, 0.25) is 0 Å². The maximum Gasteiger partial charge on any atom is 0.0175 e. The van der Waals surface area contributed by atoms with Crippen LogP contribution in [0.25, 0.3) is 0 Å². The zero-order chi connectivity index (χ0) is 19.2. The summed E-state index contributed by atoms with van der Waals surface area (Å²) in [6.45, 7) is 5.35. The molecule has 2 fully saturated rings. The van der Waals surface area contributed by atoms with Crippen molar-refractivity contribution in [2.24, 2.45) is 5.92 Å². The molecule has 0 amide bonds. The Morgan fingerprint density at radius 2 is 1.89 bits per heavy atom. The van der Waals surface area contributed by atoms with E-state index in [-0.39, 0.29) is 0 Å². The van der Waals surface area contributed by atoms with Gasteiger partial charge in [0.15, 0.2) is 0 Å². The molecule has 3 nitrogen and oxygen atoms in total. The van der Waals surface area contributed by atoms with Crippen LogP contribution in [0.1, 0.15) is 30.7 Å². The monoisotopic (exact) mass is 471 g/mol. The molecule has 3 rings (SSSR count). The van der Waals surface area contributed by atoms with Crippen LogP contribution in [0.3, 0.4) is 0 Å². The van der Waals surface area contributed by atoms with E-state index in [9.17, 15) is 0 Å². The number of benzene rings is 1. The molecular weight excluding hydrogens is 438 g/mol. The van der Waals surface area contributed by atoms with Gasteiger partial charge in [0.25, 0.3) is 0 Å². The molecule has 1 aromatic rings. The van der Waals surface area contributed by atoms with Crippen LogP contribution in [0.5, 0.6) is 0 Å². The Labute approximate surface area is 184 Å². The first kappa shape index (κ1) is 22.0. The summed E-state index contributed by atoms with van der Waals surface area (Å²) in [5, 5.41) is 3.49. The highest BCUT2D eigenvalue weighted by Crippen LogP contribution is 2.46. The van der Waals surface area contributed by atoms with Crippen molar-refractivity contribution < 1.29 is 0 Å². The predicted molar refractivity (Wildman–Crippen MR) is 127 cm³/mol. The molecule has 2 aliphatic heterocycles. The van der Waals surface area contributed by atoms with Crippen LogP contribution < -0.4 is 5.32 Å². The number of hydrogen-bond acceptors (Lipinski definition) is 5. The second kappa shape index (κ2) is 10.9. The fourth-order valence-corrected chi connectivity index (χ4v) is 5.80. The largest absolute Gasteiger partial charge is 0.315 e. The Morgan fingerprint density at radius 1 is 1.11 bits per heavy atom. The number of halogens is 1. The summed E-state index contributed by atoms with van der Waals surface area (Å²) in [7, 11) is 2.35. The van der Waals surface area contributed by atoms with Crippen molar-refractivity contribution in [3.8, 4) is 0 Å². The average Bonchev–Trinajstić information content (AvgIpc) is 2.91. The smallest absolute Gasteiger partial charge is 0.0175 e. The molecule has 1 aromatic carbocycles. The molecule has 2 saturated heterocycles. The molecule has 2 bridgehead atoms. The van der Waals surface area contributed by atoms with Gasteiger partial charge >= 0.3 is 0 Å². The minimum atomic E-state index is 0.666. The fourth-order valence-electron chi connectivity index (χ4n) is 5.09. The highest BCUT2D eigenvalue weighted by molar-refractivity contribution is 9.10. The van der Waals surface area contributed by atoms with Crippen molar-refractivity contribution in [2.45, 2.75) is 37.3 Å². The van der Waals surface area contributed by atoms with Crippen molar-refractivity contribution in [1.29, 1.82) is 0 Å². The highest BCUT2D eigenvalue weighted by atomic mass is 79.9. The summed E-state index contributed by atoms with van der Waals surface area (Å²) >= 11 is 12.4. The number of thiol groups is 2. The van der Waals surface area contributed by atoms with E-state index >= 15 is 0 Å². The summed E-state index contributed by atoms with van der Waals surface area (Å²) in [5.74, 6) is 3.18. The average molecular weight is 473 g/mol. The Morgan fingerprint density at radius 3 is 2.59 bits per heavy atom. The van der Waals surface area contributed by atoms with Crippen LogP contribution in [-0.4, -0.2) is 73.2 Å². The van der Waals surface area contributed by atoms with Crippen molar-refractivity contribution >= 4 is 41.2 Å². The van der Waals surface area contributed by atoms with E-state index < -0.39 is 0 Å². The van der Waals surface area contributed by atoms with Crippen molar-refractivity contribution in [3.63, 3.8) is 0 Å². The maximum absolute atomic E-state index is 4.53. The molecule has 152 valence electrons. The number of rotatable bonds is 10. The minimum absolute atomic E-state index is 0.666. The number of nitrogens with one attached hydrogen (secondary N) is 1. The lowest BCUT2D eigenvalue weighted by Crippen LogP contribution is -2.50. The third-order valence-electron chi connectivity index (χ3n) is 6.51. The van der Waals surface area contributed by atoms with Gasteiger partial charge in [0, 0.05) is 60.8 Å². The first-order valence-corrected chi connectivity index (χ1v) is 12.3. The summed E-state index contributed by atoms with van der Waals surface area (Å²) in [6.07, 6.45) is 4.01. The lowest BCUT2D eigenvalue weighted by Gasteiger charge is -2.45. The number of piperidine rings is 1. The van der Waals surface area contributed by atoms with Crippen molar-refractivity contribution in [1.82, 2.24) is 15.1 Å². The quantitative estimate of drug-likeness (QED) is 0.356. The van der Waals surface area contributed by atoms with E-state index in [1.165, 1.54) is 35.8 Å². The molecule has 1 N–H and O–H groups in total. The predicted octanol–water partition coefficient (Wildman–Crippen LogP) is 3.77. The van der Waals surface area contributed by atoms with Gasteiger partial charge in [-0.25, -0.2) is 0 Å². The van der Waals surface area contributed by atoms with Gasteiger partial charge < -0.3 is 15.1 Å².